The summed E-state index contributed by atoms with van der Waals surface area (Å²) in [6.07, 6.45) is 6.49. The van der Waals surface area contributed by atoms with E-state index in [2.05, 4.69) is 44.7 Å². The number of H-pyrrole nitrogens is 1. The number of fused-ring (bicyclic) bond motifs is 1. The Morgan fingerprint density at radius 1 is 1.19 bits per heavy atom. The topological polar surface area (TPSA) is 61.0 Å². The molecule has 1 saturated carbocycles. The summed E-state index contributed by atoms with van der Waals surface area (Å²) >= 11 is 0. The van der Waals surface area contributed by atoms with Gasteiger partial charge in [0.1, 0.15) is 0 Å². The van der Waals surface area contributed by atoms with Gasteiger partial charge in [0.25, 0.3) is 5.91 Å². The number of aromatic amines is 1. The smallest absolute Gasteiger partial charge is 0.274 e. The Kier molecular flexibility index (Phi) is 6.33. The molecule has 5 nitrogen and oxygen atoms in total. The highest BCUT2D eigenvalue weighted by atomic mass is 35.5. The fourth-order valence-corrected chi connectivity index (χ4v) is 4.10. The molecule has 6 heteroatoms. The molecule has 2 aliphatic rings. The van der Waals surface area contributed by atoms with E-state index in [1.54, 1.807) is 0 Å². The van der Waals surface area contributed by atoms with Crippen LogP contribution in [0, 0.1) is 0 Å². The van der Waals surface area contributed by atoms with E-state index in [4.69, 9.17) is 0 Å². The van der Waals surface area contributed by atoms with Crippen LogP contribution in [0.15, 0.2) is 30.3 Å². The van der Waals surface area contributed by atoms with E-state index < -0.39 is 0 Å². The number of carbonyl (C=O) groups is 1. The molecule has 0 atom stereocenters. The van der Waals surface area contributed by atoms with Crippen LogP contribution in [0.1, 0.15) is 53.0 Å². The lowest BCUT2D eigenvalue weighted by molar-refractivity contribution is 0.0676. The van der Waals surface area contributed by atoms with Gasteiger partial charge in [0, 0.05) is 43.4 Å². The van der Waals surface area contributed by atoms with E-state index in [-0.39, 0.29) is 18.3 Å². The Balaban J connectivity index is 0.00000196. The molecule has 1 fully saturated rings. The van der Waals surface area contributed by atoms with Crippen LogP contribution in [-0.4, -0.2) is 40.1 Å². The minimum atomic E-state index is 0. The van der Waals surface area contributed by atoms with Crippen molar-refractivity contribution in [3.05, 3.63) is 52.8 Å². The van der Waals surface area contributed by atoms with Gasteiger partial charge < -0.3 is 10.2 Å². The maximum atomic E-state index is 13.3. The second kappa shape index (κ2) is 8.69. The number of rotatable bonds is 5. The van der Waals surface area contributed by atoms with E-state index in [0.717, 1.165) is 56.6 Å². The predicted molar refractivity (Wildman–Crippen MR) is 105 cm³/mol. The predicted octanol–water partition coefficient (Wildman–Crippen LogP) is 3.10. The summed E-state index contributed by atoms with van der Waals surface area (Å²) in [5.74, 6) is 0.101. The lowest BCUT2D eigenvalue weighted by atomic mass is 10.0. The fraction of sp³-hybridized carbons (Fsp3) is 0.500. The van der Waals surface area contributed by atoms with Crippen molar-refractivity contribution >= 4 is 18.3 Å². The number of carbonyl (C=O) groups excluding carboxylic acids is 1. The molecule has 1 aliphatic heterocycles. The van der Waals surface area contributed by atoms with E-state index in [9.17, 15) is 4.79 Å². The first-order chi connectivity index (χ1) is 12.3. The monoisotopic (exact) mass is 374 g/mol. The van der Waals surface area contributed by atoms with Gasteiger partial charge in [-0.3, -0.25) is 9.89 Å². The molecule has 2 heterocycles. The molecule has 2 N–H and O–H groups in total. The highest BCUT2D eigenvalue weighted by molar-refractivity contribution is 5.94. The number of hydrogen-bond donors (Lipinski definition) is 2. The van der Waals surface area contributed by atoms with E-state index in [0.29, 0.717) is 11.7 Å². The molecular weight excluding hydrogens is 348 g/mol. The first kappa shape index (κ1) is 18.9. The molecule has 0 unspecified atom stereocenters. The molecule has 26 heavy (non-hydrogen) atoms. The Labute approximate surface area is 161 Å². The van der Waals surface area contributed by atoms with Crippen LogP contribution in [0.25, 0.3) is 0 Å². The summed E-state index contributed by atoms with van der Waals surface area (Å²) in [4.78, 5) is 15.4. The molecule has 1 amide bonds. The van der Waals surface area contributed by atoms with Crippen molar-refractivity contribution < 1.29 is 4.79 Å². The Bertz CT molecular complexity index is 725. The number of halogens is 1. The first-order valence-corrected chi connectivity index (χ1v) is 9.44. The van der Waals surface area contributed by atoms with Crippen LogP contribution >= 0.6 is 12.4 Å². The molecule has 140 valence electrons. The van der Waals surface area contributed by atoms with Gasteiger partial charge in [-0.1, -0.05) is 43.2 Å². The molecule has 4 rings (SSSR count). The third kappa shape index (κ3) is 3.94. The van der Waals surface area contributed by atoms with Gasteiger partial charge in [-0.25, -0.2) is 0 Å². The van der Waals surface area contributed by atoms with Crippen LogP contribution in [0.4, 0.5) is 0 Å². The van der Waals surface area contributed by atoms with Crippen molar-refractivity contribution in [1.82, 2.24) is 20.4 Å². The van der Waals surface area contributed by atoms with Gasteiger partial charge in [0.05, 0.1) is 0 Å². The van der Waals surface area contributed by atoms with Crippen molar-refractivity contribution in [2.45, 2.75) is 51.1 Å². The quantitative estimate of drug-likeness (QED) is 0.845. The molecule has 1 aromatic heterocycles. The van der Waals surface area contributed by atoms with Crippen molar-refractivity contribution in [1.29, 1.82) is 0 Å². The fourth-order valence-electron chi connectivity index (χ4n) is 4.10. The summed E-state index contributed by atoms with van der Waals surface area (Å²) in [5.41, 5.74) is 4.10. The first-order valence-electron chi connectivity index (χ1n) is 9.44. The van der Waals surface area contributed by atoms with Crippen LogP contribution in [0.2, 0.25) is 0 Å². The summed E-state index contributed by atoms with van der Waals surface area (Å²) < 4.78 is 0. The number of benzene rings is 1. The standard InChI is InChI=1S/C20H26N4O.ClH/c25-20(19-17-14-21-12-10-18(17)22-23-19)24(16-8-4-5-9-16)13-11-15-6-2-1-3-7-15;/h1-3,6-7,16,21H,4-5,8-14H2,(H,22,23);1H. The average Bonchev–Trinajstić information content (AvgIpc) is 3.32. The summed E-state index contributed by atoms with van der Waals surface area (Å²) in [6, 6.07) is 10.8. The van der Waals surface area contributed by atoms with Gasteiger partial charge in [-0.15, -0.1) is 12.4 Å². The minimum Gasteiger partial charge on any atom is -0.334 e. The van der Waals surface area contributed by atoms with Gasteiger partial charge in [-0.05, 0) is 24.8 Å². The zero-order valence-corrected chi connectivity index (χ0v) is 15.9. The summed E-state index contributed by atoms with van der Waals surface area (Å²) in [5, 5.41) is 10.8. The van der Waals surface area contributed by atoms with Gasteiger partial charge in [0.2, 0.25) is 0 Å². The van der Waals surface area contributed by atoms with Crippen LogP contribution in [0.3, 0.4) is 0 Å². The van der Waals surface area contributed by atoms with Crippen molar-refractivity contribution in [3.8, 4) is 0 Å². The Morgan fingerprint density at radius 3 is 2.73 bits per heavy atom. The number of nitrogens with one attached hydrogen (secondary N) is 2. The van der Waals surface area contributed by atoms with E-state index in [1.807, 2.05) is 6.07 Å². The number of amides is 1. The molecule has 0 radical (unpaired) electrons. The van der Waals surface area contributed by atoms with Gasteiger partial charge in [0.15, 0.2) is 5.69 Å². The lowest BCUT2D eigenvalue weighted by Gasteiger charge is -2.29. The van der Waals surface area contributed by atoms with Crippen molar-refractivity contribution in [3.63, 3.8) is 0 Å². The van der Waals surface area contributed by atoms with Crippen LogP contribution in [-0.2, 0) is 19.4 Å². The maximum Gasteiger partial charge on any atom is 0.274 e. The zero-order valence-electron chi connectivity index (χ0n) is 15.0. The van der Waals surface area contributed by atoms with Crippen molar-refractivity contribution in [2.24, 2.45) is 0 Å². The molecule has 1 aromatic carbocycles. The Hall–Kier alpha value is -1.85. The largest absolute Gasteiger partial charge is 0.334 e. The third-order valence-corrected chi connectivity index (χ3v) is 5.52. The van der Waals surface area contributed by atoms with Gasteiger partial charge >= 0.3 is 0 Å². The van der Waals surface area contributed by atoms with Crippen LogP contribution in [0.5, 0.6) is 0 Å². The third-order valence-electron chi connectivity index (χ3n) is 5.52. The highest BCUT2D eigenvalue weighted by Crippen LogP contribution is 2.26. The SMILES string of the molecule is Cl.O=C(c1n[nH]c2c1CNCC2)N(CCc1ccccc1)C1CCCC1. The number of nitrogens with zero attached hydrogens (tertiary/aromatic N) is 2. The van der Waals surface area contributed by atoms with E-state index >= 15 is 0 Å². The number of hydrogen-bond acceptors (Lipinski definition) is 3. The second-order valence-corrected chi connectivity index (χ2v) is 7.13. The molecule has 0 bridgehead atoms. The zero-order chi connectivity index (χ0) is 17.1. The van der Waals surface area contributed by atoms with Crippen LogP contribution < -0.4 is 5.32 Å². The lowest BCUT2D eigenvalue weighted by Crippen LogP contribution is -2.41. The average molecular weight is 375 g/mol. The minimum absolute atomic E-state index is 0. The molecular formula is C20H27ClN4O. The summed E-state index contributed by atoms with van der Waals surface area (Å²) in [7, 11) is 0. The van der Waals surface area contributed by atoms with Crippen molar-refractivity contribution in [2.75, 3.05) is 13.1 Å². The number of aromatic nitrogens is 2. The highest BCUT2D eigenvalue weighted by Gasteiger charge is 2.31. The maximum absolute atomic E-state index is 13.3. The summed E-state index contributed by atoms with van der Waals surface area (Å²) in [6.45, 7) is 2.45. The molecule has 2 aromatic rings. The molecule has 0 spiro atoms. The second-order valence-electron chi connectivity index (χ2n) is 7.13. The normalized spacial score (nSPS) is 16.8. The Morgan fingerprint density at radius 2 is 1.96 bits per heavy atom. The van der Waals surface area contributed by atoms with Gasteiger partial charge in [-0.2, -0.15) is 5.10 Å². The molecule has 1 aliphatic carbocycles. The van der Waals surface area contributed by atoms with E-state index in [1.165, 1.54) is 18.4 Å². The molecule has 0 saturated heterocycles.